The second-order valence-electron chi connectivity index (χ2n) is 7.38. The molecule has 2 aliphatic heterocycles. The van der Waals surface area contributed by atoms with Crippen molar-refractivity contribution in [1.29, 1.82) is 0 Å². The van der Waals surface area contributed by atoms with Crippen molar-refractivity contribution in [2.75, 3.05) is 14.2 Å². The highest BCUT2D eigenvalue weighted by molar-refractivity contribution is 5.77. The maximum atomic E-state index is 12.8. The molecule has 0 amide bonds. The van der Waals surface area contributed by atoms with E-state index in [0.717, 1.165) is 5.56 Å². The third-order valence-corrected chi connectivity index (χ3v) is 4.77. The number of rotatable bonds is 7. The lowest BCUT2D eigenvalue weighted by molar-refractivity contribution is -0.256. The molecular weight excluding hydrogens is 382 g/mol. The Balaban J connectivity index is 1.94. The van der Waals surface area contributed by atoms with Crippen LogP contribution in [-0.2, 0) is 44.7 Å². The molecule has 0 saturated carbocycles. The summed E-state index contributed by atoms with van der Waals surface area (Å²) >= 11 is 0. The molecule has 2 heterocycles. The molecule has 0 aromatic heterocycles. The molecule has 9 heteroatoms. The fourth-order valence-corrected chi connectivity index (χ4v) is 3.69. The van der Waals surface area contributed by atoms with Crippen molar-refractivity contribution in [3.8, 4) is 0 Å². The second kappa shape index (κ2) is 8.76. The van der Waals surface area contributed by atoms with Crippen molar-refractivity contribution in [2.24, 2.45) is 0 Å². The average Bonchev–Trinajstić information content (AvgIpc) is 3.15. The number of hydroxylamine groups is 2. The number of carbonyl (C=O) groups excluding carboxylic acids is 2. The predicted octanol–water partition coefficient (Wildman–Crippen LogP) is 1.40. The van der Waals surface area contributed by atoms with Gasteiger partial charge in [-0.15, -0.1) is 5.06 Å². The van der Waals surface area contributed by atoms with Gasteiger partial charge in [0, 0.05) is 14.0 Å². The van der Waals surface area contributed by atoms with Gasteiger partial charge in [-0.05, 0) is 19.4 Å². The summed E-state index contributed by atoms with van der Waals surface area (Å²) in [4.78, 5) is 30.0. The monoisotopic (exact) mass is 409 g/mol. The van der Waals surface area contributed by atoms with Crippen molar-refractivity contribution in [2.45, 2.75) is 63.7 Å². The summed E-state index contributed by atoms with van der Waals surface area (Å²) < 4.78 is 28.2. The highest BCUT2D eigenvalue weighted by atomic mass is 16.8. The van der Waals surface area contributed by atoms with E-state index in [-0.39, 0.29) is 6.54 Å². The van der Waals surface area contributed by atoms with Gasteiger partial charge in [-0.3, -0.25) is 9.59 Å². The van der Waals surface area contributed by atoms with Crippen LogP contribution >= 0.6 is 0 Å². The van der Waals surface area contributed by atoms with Gasteiger partial charge in [0.15, 0.2) is 18.1 Å². The lowest BCUT2D eigenvalue weighted by atomic mass is 10.0. The Morgan fingerprint density at radius 2 is 1.79 bits per heavy atom. The number of ether oxygens (including phenoxy) is 5. The van der Waals surface area contributed by atoms with E-state index in [1.807, 2.05) is 30.3 Å². The van der Waals surface area contributed by atoms with E-state index in [0.29, 0.717) is 0 Å². The molecule has 0 N–H and O–H groups in total. The van der Waals surface area contributed by atoms with Crippen molar-refractivity contribution in [3.05, 3.63) is 35.9 Å². The molecule has 5 atom stereocenters. The van der Waals surface area contributed by atoms with Crippen LogP contribution < -0.4 is 0 Å². The number of fused-ring (bicyclic) bond motifs is 1. The van der Waals surface area contributed by atoms with E-state index in [1.165, 1.54) is 26.2 Å². The smallest absolute Gasteiger partial charge is 0.329 e. The zero-order chi connectivity index (χ0) is 21.2. The second-order valence-corrected chi connectivity index (χ2v) is 7.38. The summed E-state index contributed by atoms with van der Waals surface area (Å²) in [5.41, 5.74) is 0.837. The molecule has 2 saturated heterocycles. The van der Waals surface area contributed by atoms with Gasteiger partial charge in [-0.1, -0.05) is 30.3 Å². The zero-order valence-electron chi connectivity index (χ0n) is 17.2. The molecular formula is C20H27NO8. The topological polar surface area (TPSA) is 92.8 Å². The van der Waals surface area contributed by atoms with Crippen LogP contribution in [0.15, 0.2) is 30.3 Å². The van der Waals surface area contributed by atoms with Gasteiger partial charge in [0.25, 0.3) is 0 Å². The number of methoxy groups -OCH3 is 2. The fraction of sp³-hybridized carbons (Fsp3) is 0.600. The van der Waals surface area contributed by atoms with Crippen LogP contribution in [0.4, 0.5) is 0 Å². The molecule has 2 fully saturated rings. The molecule has 29 heavy (non-hydrogen) atoms. The van der Waals surface area contributed by atoms with Gasteiger partial charge in [-0.2, -0.15) is 0 Å². The fourth-order valence-electron chi connectivity index (χ4n) is 3.69. The SMILES string of the molecule is COC(=O)[C@@H]([C@H]1O[C@H](OC)[C@H]2OC(C)(C)O[C@H]21)N(Cc1ccccc1)OC(C)=O. The van der Waals surface area contributed by atoms with E-state index in [2.05, 4.69) is 0 Å². The van der Waals surface area contributed by atoms with E-state index < -0.39 is 48.4 Å². The minimum Gasteiger partial charge on any atom is -0.468 e. The van der Waals surface area contributed by atoms with E-state index in [9.17, 15) is 9.59 Å². The first kappa shape index (κ1) is 21.7. The first-order valence-electron chi connectivity index (χ1n) is 9.36. The molecule has 0 radical (unpaired) electrons. The largest absolute Gasteiger partial charge is 0.468 e. The third kappa shape index (κ3) is 4.76. The number of esters is 1. The molecule has 160 valence electrons. The Morgan fingerprint density at radius 1 is 1.14 bits per heavy atom. The minimum atomic E-state index is -1.09. The summed E-state index contributed by atoms with van der Waals surface area (Å²) in [5.74, 6) is -2.08. The average molecular weight is 409 g/mol. The highest BCUT2D eigenvalue weighted by Gasteiger charge is 2.60. The molecule has 0 spiro atoms. The maximum Gasteiger partial charge on any atom is 0.329 e. The molecule has 0 bridgehead atoms. The number of carbonyl (C=O) groups is 2. The lowest BCUT2D eigenvalue weighted by Gasteiger charge is -2.33. The van der Waals surface area contributed by atoms with Crippen molar-refractivity contribution >= 4 is 11.9 Å². The Morgan fingerprint density at radius 3 is 2.38 bits per heavy atom. The summed E-state index contributed by atoms with van der Waals surface area (Å²) in [6.07, 6.45) is -2.74. The van der Waals surface area contributed by atoms with Gasteiger partial charge < -0.3 is 28.5 Å². The van der Waals surface area contributed by atoms with Crippen LogP contribution in [0, 0.1) is 0 Å². The van der Waals surface area contributed by atoms with Crippen molar-refractivity contribution in [3.63, 3.8) is 0 Å². The van der Waals surface area contributed by atoms with Gasteiger partial charge in [0.1, 0.15) is 18.3 Å². The zero-order valence-corrected chi connectivity index (χ0v) is 17.2. The first-order chi connectivity index (χ1) is 13.8. The van der Waals surface area contributed by atoms with Crippen LogP contribution in [0.2, 0.25) is 0 Å². The Bertz CT molecular complexity index is 724. The molecule has 0 unspecified atom stereocenters. The van der Waals surface area contributed by atoms with E-state index in [1.54, 1.807) is 13.8 Å². The summed E-state index contributed by atoms with van der Waals surface area (Å²) in [6, 6.07) is 8.21. The molecule has 1 aromatic rings. The molecule has 3 rings (SSSR count). The highest BCUT2D eigenvalue weighted by Crippen LogP contribution is 2.41. The predicted molar refractivity (Wildman–Crippen MR) is 99.1 cm³/mol. The number of hydrogen-bond acceptors (Lipinski definition) is 9. The normalized spacial score (nSPS) is 28.8. The molecule has 0 aliphatic carbocycles. The van der Waals surface area contributed by atoms with E-state index >= 15 is 0 Å². The number of benzene rings is 1. The molecule has 2 aliphatic rings. The van der Waals surface area contributed by atoms with Gasteiger partial charge >= 0.3 is 11.9 Å². The van der Waals surface area contributed by atoms with Crippen molar-refractivity contribution in [1.82, 2.24) is 5.06 Å². The maximum absolute atomic E-state index is 12.8. The Kier molecular flexibility index (Phi) is 6.55. The summed E-state index contributed by atoms with van der Waals surface area (Å²) in [7, 11) is 2.75. The van der Waals surface area contributed by atoms with Gasteiger partial charge in [0.2, 0.25) is 0 Å². The minimum absolute atomic E-state index is 0.152. The van der Waals surface area contributed by atoms with Gasteiger partial charge in [-0.25, -0.2) is 0 Å². The van der Waals surface area contributed by atoms with Crippen LogP contribution in [-0.4, -0.2) is 67.7 Å². The van der Waals surface area contributed by atoms with Crippen molar-refractivity contribution < 1.29 is 38.1 Å². The quantitative estimate of drug-likeness (QED) is 0.489. The summed E-state index contributed by atoms with van der Waals surface area (Å²) in [6.45, 7) is 4.96. The molecule has 1 aromatic carbocycles. The summed E-state index contributed by atoms with van der Waals surface area (Å²) in [5, 5.41) is 1.26. The number of hydrogen-bond donors (Lipinski definition) is 0. The lowest BCUT2D eigenvalue weighted by Crippen LogP contribution is -2.54. The molecule has 9 nitrogen and oxygen atoms in total. The Labute approximate surface area is 169 Å². The van der Waals surface area contributed by atoms with Gasteiger partial charge in [0.05, 0.1) is 13.7 Å². The van der Waals surface area contributed by atoms with Crippen LogP contribution in [0.1, 0.15) is 26.3 Å². The Hall–Kier alpha value is -2.04. The third-order valence-electron chi connectivity index (χ3n) is 4.77. The van der Waals surface area contributed by atoms with Crippen LogP contribution in [0.5, 0.6) is 0 Å². The van der Waals surface area contributed by atoms with Crippen LogP contribution in [0.3, 0.4) is 0 Å². The first-order valence-corrected chi connectivity index (χ1v) is 9.36. The van der Waals surface area contributed by atoms with Crippen LogP contribution in [0.25, 0.3) is 0 Å². The van der Waals surface area contributed by atoms with E-state index in [4.69, 9.17) is 28.5 Å². The standard InChI is InChI=1S/C20H27NO8/c1-12(22)29-21(11-13-9-7-6-8-10-13)14(18(23)24-4)15-16-17(19(25-5)26-15)28-20(2,3)27-16/h6-10,14-17,19H,11H2,1-5H3/t14-,15-,16+,17+,19+/m1/s1. The number of nitrogens with zero attached hydrogens (tertiary/aromatic N) is 1.